The van der Waals surface area contributed by atoms with Gasteiger partial charge in [0, 0.05) is 12.5 Å². The molecule has 0 saturated carbocycles. The second-order valence-corrected chi connectivity index (χ2v) is 4.55. The Morgan fingerprint density at radius 2 is 1.83 bits per heavy atom. The van der Waals surface area contributed by atoms with Crippen molar-refractivity contribution in [2.24, 2.45) is 0 Å². The predicted molar refractivity (Wildman–Crippen MR) is 71.8 cm³/mol. The van der Waals surface area contributed by atoms with Crippen molar-refractivity contribution < 1.29 is 22.4 Å². The summed E-state index contributed by atoms with van der Waals surface area (Å²) in [4.78, 5) is 11.2. The third kappa shape index (κ3) is 2.63. The van der Waals surface area contributed by atoms with Crippen LogP contribution in [0, 0.1) is 34.6 Å². The Labute approximate surface area is 128 Å². The van der Waals surface area contributed by atoms with Crippen LogP contribution in [-0.4, -0.2) is 15.7 Å². The van der Waals surface area contributed by atoms with Crippen molar-refractivity contribution in [3.05, 3.63) is 40.6 Å². The van der Waals surface area contributed by atoms with E-state index in [1.165, 1.54) is 6.92 Å². The fraction of sp³-hybridized carbons (Fsp3) is 0.214. The molecule has 2 aromatic rings. The van der Waals surface area contributed by atoms with Gasteiger partial charge in [-0.1, -0.05) is 6.92 Å². The smallest absolute Gasteiger partial charge is 0.222 e. The van der Waals surface area contributed by atoms with Crippen LogP contribution in [0.25, 0.3) is 5.69 Å². The Bertz CT molecular complexity index is 809. The van der Waals surface area contributed by atoms with Gasteiger partial charge in [0.25, 0.3) is 0 Å². The maximum absolute atomic E-state index is 14.2. The number of nitriles is 1. The summed E-state index contributed by atoms with van der Waals surface area (Å²) in [5, 5.41) is 14.6. The quantitative estimate of drug-likeness (QED) is 0.696. The van der Waals surface area contributed by atoms with E-state index in [9.17, 15) is 22.4 Å². The van der Waals surface area contributed by atoms with Gasteiger partial charge >= 0.3 is 0 Å². The summed E-state index contributed by atoms with van der Waals surface area (Å²) in [6.07, 6.45) is 0.653. The average Bonchev–Trinajstić information content (AvgIpc) is 2.88. The van der Waals surface area contributed by atoms with E-state index in [-0.39, 0.29) is 17.8 Å². The van der Waals surface area contributed by atoms with Gasteiger partial charge in [-0.05, 0) is 6.42 Å². The molecule has 0 spiro atoms. The summed E-state index contributed by atoms with van der Waals surface area (Å²) in [6.45, 7) is 2.43. The van der Waals surface area contributed by atoms with Gasteiger partial charge < -0.3 is 5.32 Å². The fourth-order valence-electron chi connectivity index (χ4n) is 2.05. The number of carbonyl (C=O) groups excluding carboxylic acids is 1. The standard InChI is InChI=1S/C14H10F4N4O/c1-3-8-9(15)11(17)13(12(18)10(8)16)22-14(21-6(2)23)7(4-19)5-20-22/h5H,3H2,1-2H3,(H,21,23). The summed E-state index contributed by atoms with van der Waals surface area (Å²) in [5.41, 5.74) is -2.11. The van der Waals surface area contributed by atoms with Gasteiger partial charge in [-0.25, -0.2) is 22.2 Å². The minimum atomic E-state index is -1.67. The summed E-state index contributed by atoms with van der Waals surface area (Å²) < 4.78 is 56.6. The Hall–Kier alpha value is -2.89. The lowest BCUT2D eigenvalue weighted by Gasteiger charge is -2.13. The highest BCUT2D eigenvalue weighted by atomic mass is 19.2. The van der Waals surface area contributed by atoms with Crippen molar-refractivity contribution in [3.8, 4) is 11.8 Å². The van der Waals surface area contributed by atoms with Gasteiger partial charge in [-0.2, -0.15) is 10.4 Å². The maximum Gasteiger partial charge on any atom is 0.222 e. The normalized spacial score (nSPS) is 10.5. The number of hydrogen-bond donors (Lipinski definition) is 1. The van der Waals surface area contributed by atoms with E-state index < -0.39 is 40.4 Å². The molecule has 23 heavy (non-hydrogen) atoms. The first-order valence-electron chi connectivity index (χ1n) is 6.44. The first-order valence-corrected chi connectivity index (χ1v) is 6.44. The lowest BCUT2D eigenvalue weighted by molar-refractivity contribution is -0.114. The van der Waals surface area contributed by atoms with Gasteiger partial charge in [-0.3, -0.25) is 4.79 Å². The zero-order valence-electron chi connectivity index (χ0n) is 12.0. The molecule has 0 aliphatic rings. The van der Waals surface area contributed by atoms with Gasteiger partial charge in [-0.15, -0.1) is 0 Å². The summed E-state index contributed by atoms with van der Waals surface area (Å²) in [5.74, 6) is -7.48. The summed E-state index contributed by atoms with van der Waals surface area (Å²) in [6, 6.07) is 1.65. The second kappa shape index (κ2) is 6.08. The molecule has 0 radical (unpaired) electrons. The monoisotopic (exact) mass is 326 g/mol. The molecule has 120 valence electrons. The van der Waals surface area contributed by atoms with Crippen molar-refractivity contribution >= 4 is 11.7 Å². The van der Waals surface area contributed by atoms with Crippen LogP contribution < -0.4 is 5.32 Å². The fourth-order valence-corrected chi connectivity index (χ4v) is 2.05. The highest BCUT2D eigenvalue weighted by Gasteiger charge is 2.28. The van der Waals surface area contributed by atoms with Crippen molar-refractivity contribution in [2.45, 2.75) is 20.3 Å². The molecule has 1 heterocycles. The molecule has 0 unspecified atom stereocenters. The number of amides is 1. The molecule has 1 aromatic carbocycles. The molecule has 1 amide bonds. The minimum absolute atomic E-state index is 0.223. The van der Waals surface area contributed by atoms with Crippen LogP contribution in [0.1, 0.15) is 25.0 Å². The van der Waals surface area contributed by atoms with Crippen molar-refractivity contribution in [1.29, 1.82) is 5.26 Å². The largest absolute Gasteiger partial charge is 0.310 e. The zero-order chi connectivity index (χ0) is 17.3. The van der Waals surface area contributed by atoms with E-state index >= 15 is 0 Å². The van der Waals surface area contributed by atoms with E-state index in [4.69, 9.17) is 5.26 Å². The molecule has 1 aromatic heterocycles. The van der Waals surface area contributed by atoms with E-state index in [0.717, 1.165) is 13.1 Å². The molecule has 0 saturated heterocycles. The highest BCUT2D eigenvalue weighted by Crippen LogP contribution is 2.30. The van der Waals surface area contributed by atoms with E-state index in [0.29, 0.717) is 4.68 Å². The first kappa shape index (κ1) is 16.5. The number of hydrogen-bond acceptors (Lipinski definition) is 3. The Kier molecular flexibility index (Phi) is 4.36. The Morgan fingerprint density at radius 3 is 2.26 bits per heavy atom. The molecule has 0 aliphatic heterocycles. The number of nitrogens with one attached hydrogen (secondary N) is 1. The number of nitrogens with zero attached hydrogens (tertiary/aromatic N) is 3. The molecular weight excluding hydrogens is 316 g/mol. The molecule has 5 nitrogen and oxygen atoms in total. The molecule has 2 rings (SSSR count). The highest BCUT2D eigenvalue weighted by molar-refractivity contribution is 5.89. The second-order valence-electron chi connectivity index (χ2n) is 4.55. The molecule has 9 heteroatoms. The topological polar surface area (TPSA) is 70.7 Å². The van der Waals surface area contributed by atoms with Crippen molar-refractivity contribution in [1.82, 2.24) is 9.78 Å². The number of aromatic nitrogens is 2. The lowest BCUT2D eigenvalue weighted by atomic mass is 10.1. The molecule has 0 aliphatic carbocycles. The van der Waals surface area contributed by atoms with E-state index in [1.54, 1.807) is 6.07 Å². The van der Waals surface area contributed by atoms with E-state index in [1.807, 2.05) is 0 Å². The number of benzene rings is 1. The number of halogens is 4. The van der Waals surface area contributed by atoms with Crippen LogP contribution in [0.4, 0.5) is 23.4 Å². The lowest BCUT2D eigenvalue weighted by Crippen LogP contribution is -2.16. The number of rotatable bonds is 3. The average molecular weight is 326 g/mol. The third-order valence-corrected chi connectivity index (χ3v) is 3.08. The molecule has 0 atom stereocenters. The zero-order valence-corrected chi connectivity index (χ0v) is 12.0. The van der Waals surface area contributed by atoms with Crippen LogP contribution in [0.5, 0.6) is 0 Å². The minimum Gasteiger partial charge on any atom is -0.310 e. The summed E-state index contributed by atoms with van der Waals surface area (Å²) in [7, 11) is 0. The predicted octanol–water partition coefficient (Wildman–Crippen LogP) is 2.82. The molecule has 0 bridgehead atoms. The Morgan fingerprint density at radius 1 is 1.26 bits per heavy atom. The SMILES string of the molecule is CCc1c(F)c(F)c(-n2ncc(C#N)c2NC(C)=O)c(F)c1F. The van der Waals surface area contributed by atoms with Crippen molar-refractivity contribution in [3.63, 3.8) is 0 Å². The van der Waals surface area contributed by atoms with Crippen LogP contribution >= 0.6 is 0 Å². The van der Waals surface area contributed by atoms with E-state index in [2.05, 4.69) is 10.4 Å². The van der Waals surface area contributed by atoms with Crippen LogP contribution in [0.15, 0.2) is 6.20 Å². The van der Waals surface area contributed by atoms with Gasteiger partial charge in [0.15, 0.2) is 29.1 Å². The van der Waals surface area contributed by atoms with Gasteiger partial charge in [0.1, 0.15) is 17.3 Å². The number of carbonyl (C=O) groups is 1. The van der Waals surface area contributed by atoms with Gasteiger partial charge in [0.05, 0.1) is 6.20 Å². The van der Waals surface area contributed by atoms with Crippen LogP contribution in [0.3, 0.4) is 0 Å². The Balaban J connectivity index is 2.81. The van der Waals surface area contributed by atoms with Gasteiger partial charge in [0.2, 0.25) is 5.91 Å². The van der Waals surface area contributed by atoms with Crippen LogP contribution in [-0.2, 0) is 11.2 Å². The third-order valence-electron chi connectivity index (χ3n) is 3.08. The van der Waals surface area contributed by atoms with Crippen molar-refractivity contribution in [2.75, 3.05) is 5.32 Å². The maximum atomic E-state index is 14.2. The first-order chi connectivity index (χ1) is 10.8. The number of anilines is 1. The van der Waals surface area contributed by atoms with Crippen LogP contribution in [0.2, 0.25) is 0 Å². The molecule has 1 N–H and O–H groups in total. The molecule has 0 fully saturated rings. The molecular formula is C14H10F4N4O. The summed E-state index contributed by atoms with van der Waals surface area (Å²) >= 11 is 0.